The van der Waals surface area contributed by atoms with E-state index in [9.17, 15) is 9.59 Å². The third-order valence-corrected chi connectivity index (χ3v) is 2.64. The number of hydrogen-bond acceptors (Lipinski definition) is 4. The minimum atomic E-state index is -0.256. The van der Waals surface area contributed by atoms with Crippen molar-refractivity contribution in [1.29, 1.82) is 0 Å². The van der Waals surface area contributed by atoms with Gasteiger partial charge in [-0.2, -0.15) is 0 Å². The van der Waals surface area contributed by atoms with Crippen LogP contribution in [0.15, 0.2) is 17.1 Å². The fourth-order valence-corrected chi connectivity index (χ4v) is 1.71. The lowest BCUT2D eigenvalue weighted by atomic mass is 10.2. The first-order valence-electron chi connectivity index (χ1n) is 4.58. The van der Waals surface area contributed by atoms with Gasteiger partial charge in [0.05, 0.1) is 10.7 Å². The van der Waals surface area contributed by atoms with Crippen molar-refractivity contribution in [3.8, 4) is 0 Å². The van der Waals surface area contributed by atoms with Crippen molar-refractivity contribution in [2.24, 2.45) is 0 Å². The molecule has 2 aromatic rings. The minimum Gasteiger partial charge on any atom is -0.310 e. The van der Waals surface area contributed by atoms with Crippen molar-refractivity contribution in [3.05, 3.63) is 34.1 Å². The molecule has 0 unspecified atom stereocenters. The summed E-state index contributed by atoms with van der Waals surface area (Å²) in [7, 11) is 0. The van der Waals surface area contributed by atoms with E-state index in [1.165, 1.54) is 6.20 Å². The monoisotopic (exact) mass is 281 g/mol. The molecule has 0 amide bonds. The molecule has 0 spiro atoms. The minimum absolute atomic E-state index is 0.159. The number of nitrogens with zero attached hydrogens (tertiary/aromatic N) is 2. The third kappa shape index (κ3) is 1.76. The first-order valence-corrected chi connectivity index (χ1v) is 5.70. The molecular weight excluding hydrogens is 274 g/mol. The Morgan fingerprint density at radius 3 is 3.00 bits per heavy atom. The van der Waals surface area contributed by atoms with Gasteiger partial charge in [-0.05, 0) is 13.0 Å². The first kappa shape index (κ1) is 10.9. The van der Waals surface area contributed by atoms with Crippen molar-refractivity contribution in [2.75, 3.05) is 5.33 Å². The number of aromatic nitrogens is 3. The molecule has 0 aromatic carbocycles. The van der Waals surface area contributed by atoms with Crippen molar-refractivity contribution in [2.45, 2.75) is 6.92 Å². The molecule has 0 fully saturated rings. The van der Waals surface area contributed by atoms with Crippen molar-refractivity contribution >= 4 is 32.6 Å². The zero-order chi connectivity index (χ0) is 11.7. The predicted molar refractivity (Wildman–Crippen MR) is 63.0 cm³/mol. The number of ketones is 1. The number of aryl methyl sites for hydroxylation is 1. The lowest BCUT2D eigenvalue weighted by Crippen LogP contribution is -2.13. The summed E-state index contributed by atoms with van der Waals surface area (Å²) in [5, 5.41) is 0.539. The van der Waals surface area contributed by atoms with Gasteiger partial charge in [-0.15, -0.1) is 0 Å². The number of aromatic amines is 1. The normalized spacial score (nSPS) is 10.6. The maximum absolute atomic E-state index is 11.6. The number of alkyl halides is 1. The van der Waals surface area contributed by atoms with Crippen molar-refractivity contribution in [3.63, 3.8) is 0 Å². The second-order valence-electron chi connectivity index (χ2n) is 3.26. The Balaban J connectivity index is 2.87. The van der Waals surface area contributed by atoms with E-state index in [2.05, 4.69) is 30.9 Å². The van der Waals surface area contributed by atoms with Gasteiger partial charge >= 0.3 is 0 Å². The molecule has 1 N–H and O–H groups in total. The number of carbonyl (C=O) groups excluding carboxylic acids is 1. The molecule has 0 saturated heterocycles. The number of nitrogens with one attached hydrogen (secondary N) is 1. The fraction of sp³-hybridized carbons (Fsp3) is 0.200. The highest BCUT2D eigenvalue weighted by molar-refractivity contribution is 9.09. The lowest BCUT2D eigenvalue weighted by Gasteiger charge is -2.02. The van der Waals surface area contributed by atoms with Crippen LogP contribution in [0.2, 0.25) is 0 Å². The van der Waals surface area contributed by atoms with Gasteiger partial charge in [0.2, 0.25) is 0 Å². The molecule has 0 aliphatic heterocycles. The van der Waals surface area contributed by atoms with Crippen LogP contribution < -0.4 is 5.56 Å². The molecule has 2 rings (SSSR count). The summed E-state index contributed by atoms with van der Waals surface area (Å²) in [5.74, 6) is 0.275. The Kier molecular flexibility index (Phi) is 2.82. The number of pyridine rings is 1. The molecule has 2 heterocycles. The first-order chi connectivity index (χ1) is 7.63. The van der Waals surface area contributed by atoms with E-state index in [1.54, 1.807) is 13.0 Å². The van der Waals surface area contributed by atoms with Crippen LogP contribution in [0.1, 0.15) is 16.3 Å². The molecule has 0 atom stereocenters. The third-order valence-electron chi connectivity index (χ3n) is 2.13. The number of H-pyrrole nitrogens is 1. The summed E-state index contributed by atoms with van der Waals surface area (Å²) in [6.07, 6.45) is 1.43. The van der Waals surface area contributed by atoms with Gasteiger partial charge in [0.15, 0.2) is 5.78 Å². The molecule has 16 heavy (non-hydrogen) atoms. The highest BCUT2D eigenvalue weighted by Gasteiger charge is 2.13. The Bertz CT molecular complexity index is 621. The topological polar surface area (TPSA) is 75.7 Å². The number of Topliss-reactive ketones (excluding diaryl/α,β-unsaturated/α-hetero) is 1. The van der Waals surface area contributed by atoms with E-state index in [4.69, 9.17) is 0 Å². The van der Waals surface area contributed by atoms with Crippen LogP contribution in [0.3, 0.4) is 0 Å². The van der Waals surface area contributed by atoms with Gasteiger partial charge in [-0.1, -0.05) is 15.9 Å². The SMILES string of the molecule is Cc1nc2c(C(=O)CBr)nccc2c(=O)[nH]1. The van der Waals surface area contributed by atoms with Crippen molar-refractivity contribution in [1.82, 2.24) is 15.0 Å². The van der Waals surface area contributed by atoms with Crippen LogP contribution in [0.25, 0.3) is 10.9 Å². The van der Waals surface area contributed by atoms with Gasteiger partial charge in [0.1, 0.15) is 17.0 Å². The summed E-state index contributed by atoms with van der Waals surface area (Å²) in [6.45, 7) is 1.66. The summed E-state index contributed by atoms with van der Waals surface area (Å²) in [5.41, 5.74) is 0.324. The Labute approximate surface area is 99.1 Å². The van der Waals surface area contributed by atoms with Crippen LogP contribution in [0.4, 0.5) is 0 Å². The van der Waals surface area contributed by atoms with Crippen LogP contribution >= 0.6 is 15.9 Å². The molecule has 2 aromatic heterocycles. The van der Waals surface area contributed by atoms with Gasteiger partial charge < -0.3 is 4.98 Å². The standard InChI is InChI=1S/C10H8BrN3O2/c1-5-13-8-6(10(16)14-5)2-3-12-9(8)7(15)4-11/h2-3H,4H2,1H3,(H,13,14,16). The molecule has 0 aliphatic rings. The summed E-state index contributed by atoms with van der Waals surface area (Å²) >= 11 is 3.07. The van der Waals surface area contributed by atoms with Crippen LogP contribution in [-0.4, -0.2) is 26.1 Å². The van der Waals surface area contributed by atoms with Crippen LogP contribution in [-0.2, 0) is 0 Å². The molecule has 0 bridgehead atoms. The largest absolute Gasteiger partial charge is 0.310 e. The average molecular weight is 282 g/mol. The molecular formula is C10H8BrN3O2. The molecule has 6 heteroatoms. The van der Waals surface area contributed by atoms with Gasteiger partial charge in [0, 0.05) is 6.20 Å². The van der Waals surface area contributed by atoms with E-state index in [0.29, 0.717) is 16.7 Å². The van der Waals surface area contributed by atoms with E-state index in [0.717, 1.165) is 0 Å². The summed E-state index contributed by atoms with van der Waals surface area (Å²) < 4.78 is 0. The number of halogens is 1. The number of rotatable bonds is 2. The Morgan fingerprint density at radius 2 is 2.31 bits per heavy atom. The highest BCUT2D eigenvalue weighted by Crippen LogP contribution is 2.11. The number of carbonyl (C=O) groups is 1. The second-order valence-corrected chi connectivity index (χ2v) is 3.82. The quantitative estimate of drug-likeness (QED) is 0.663. The predicted octanol–water partition coefficient (Wildman–Crippen LogP) is 1.20. The van der Waals surface area contributed by atoms with Crippen LogP contribution in [0, 0.1) is 6.92 Å². The average Bonchev–Trinajstić information content (AvgIpc) is 2.27. The van der Waals surface area contributed by atoms with Crippen molar-refractivity contribution < 1.29 is 4.79 Å². The van der Waals surface area contributed by atoms with E-state index in [1.807, 2.05) is 0 Å². The highest BCUT2D eigenvalue weighted by atomic mass is 79.9. The Morgan fingerprint density at radius 1 is 1.56 bits per heavy atom. The van der Waals surface area contributed by atoms with Crippen LogP contribution in [0.5, 0.6) is 0 Å². The fourth-order valence-electron chi connectivity index (χ4n) is 1.45. The maximum atomic E-state index is 11.6. The van der Waals surface area contributed by atoms with Gasteiger partial charge in [-0.25, -0.2) is 4.98 Å². The summed E-state index contributed by atoms with van der Waals surface area (Å²) in [4.78, 5) is 33.9. The van der Waals surface area contributed by atoms with E-state index in [-0.39, 0.29) is 22.4 Å². The summed E-state index contributed by atoms with van der Waals surface area (Å²) in [6, 6.07) is 1.55. The maximum Gasteiger partial charge on any atom is 0.258 e. The van der Waals surface area contributed by atoms with E-state index < -0.39 is 0 Å². The second kappa shape index (κ2) is 4.13. The number of fused-ring (bicyclic) bond motifs is 1. The molecule has 0 radical (unpaired) electrons. The molecule has 0 saturated carbocycles. The zero-order valence-corrected chi connectivity index (χ0v) is 10.0. The van der Waals surface area contributed by atoms with Gasteiger partial charge in [0.25, 0.3) is 5.56 Å². The van der Waals surface area contributed by atoms with E-state index >= 15 is 0 Å². The zero-order valence-electron chi connectivity index (χ0n) is 8.45. The lowest BCUT2D eigenvalue weighted by molar-refractivity contribution is 0.102. The smallest absolute Gasteiger partial charge is 0.258 e. The van der Waals surface area contributed by atoms with Gasteiger partial charge in [-0.3, -0.25) is 14.6 Å². The number of hydrogen-bond donors (Lipinski definition) is 1. The Hall–Kier alpha value is -1.56. The molecule has 5 nitrogen and oxygen atoms in total. The molecule has 0 aliphatic carbocycles. The molecule has 82 valence electrons.